The van der Waals surface area contributed by atoms with Crippen molar-refractivity contribution < 1.29 is 9.59 Å². The predicted molar refractivity (Wildman–Crippen MR) is 120 cm³/mol. The van der Waals surface area contributed by atoms with Gasteiger partial charge in [-0.2, -0.15) is 0 Å². The molecule has 1 aliphatic rings. The Morgan fingerprint density at radius 2 is 1.97 bits per heavy atom. The third kappa shape index (κ3) is 3.86. The molecule has 2 aromatic heterocycles. The topological polar surface area (TPSA) is 58.4 Å². The fourth-order valence-corrected chi connectivity index (χ4v) is 4.48. The molecule has 0 N–H and O–H groups in total. The Morgan fingerprint density at radius 1 is 1.23 bits per heavy atom. The van der Waals surface area contributed by atoms with Crippen LogP contribution in [0.1, 0.15) is 40.4 Å². The van der Waals surface area contributed by atoms with Crippen molar-refractivity contribution in [1.82, 2.24) is 19.4 Å². The smallest absolute Gasteiger partial charge is 0.253 e. The standard InChI is InChI=1S/C23H25BrN4O2/c1-26(2)23(30)16-6-4-15(5-7-16)17-9-11-28(21(29)12-17)14-18-13-19-20(24)8-10-25-22(19)27(18)3/h4-8,10,13,17H,9,11-12,14H2,1-3H3. The fraction of sp³-hybridized carbons (Fsp3) is 0.348. The van der Waals surface area contributed by atoms with Crippen molar-refractivity contribution in [3.63, 3.8) is 0 Å². The van der Waals surface area contributed by atoms with Gasteiger partial charge in [0.2, 0.25) is 5.91 Å². The van der Waals surface area contributed by atoms with Crippen LogP contribution in [0, 0.1) is 0 Å². The number of benzene rings is 1. The second-order valence-electron chi connectivity index (χ2n) is 8.05. The van der Waals surface area contributed by atoms with Gasteiger partial charge in [-0.1, -0.05) is 12.1 Å². The molecule has 3 aromatic rings. The lowest BCUT2D eigenvalue weighted by atomic mass is 9.88. The zero-order valence-corrected chi connectivity index (χ0v) is 19.0. The number of carbonyl (C=O) groups excluding carboxylic acids is 2. The molecule has 1 unspecified atom stereocenters. The van der Waals surface area contributed by atoms with Gasteiger partial charge in [-0.25, -0.2) is 4.98 Å². The molecule has 30 heavy (non-hydrogen) atoms. The van der Waals surface area contributed by atoms with Crippen LogP contribution < -0.4 is 0 Å². The highest BCUT2D eigenvalue weighted by Gasteiger charge is 2.28. The number of rotatable bonds is 4. The van der Waals surface area contributed by atoms with Gasteiger partial charge in [-0.05, 0) is 58.1 Å². The second kappa shape index (κ2) is 8.22. The van der Waals surface area contributed by atoms with E-state index in [4.69, 9.17) is 0 Å². The number of pyridine rings is 1. The summed E-state index contributed by atoms with van der Waals surface area (Å²) in [6.45, 7) is 1.30. The summed E-state index contributed by atoms with van der Waals surface area (Å²) in [5, 5.41) is 1.06. The Hall–Kier alpha value is -2.67. The highest BCUT2D eigenvalue weighted by Crippen LogP contribution is 2.31. The number of likely N-dealkylation sites (tertiary alicyclic amines) is 1. The second-order valence-corrected chi connectivity index (χ2v) is 8.91. The van der Waals surface area contributed by atoms with Crippen molar-refractivity contribution in [3.8, 4) is 0 Å². The normalized spacial score (nSPS) is 16.9. The third-order valence-electron chi connectivity index (χ3n) is 5.88. The number of aryl methyl sites for hydroxylation is 1. The largest absolute Gasteiger partial charge is 0.345 e. The predicted octanol–water partition coefficient (Wildman–Crippen LogP) is 3.94. The van der Waals surface area contributed by atoms with E-state index in [-0.39, 0.29) is 17.7 Å². The molecule has 1 fully saturated rings. The molecule has 4 rings (SSSR count). The lowest BCUT2D eigenvalue weighted by molar-refractivity contribution is -0.134. The van der Waals surface area contributed by atoms with Crippen LogP contribution >= 0.6 is 15.9 Å². The maximum Gasteiger partial charge on any atom is 0.253 e. The zero-order valence-electron chi connectivity index (χ0n) is 17.4. The van der Waals surface area contributed by atoms with Crippen LogP contribution in [0.3, 0.4) is 0 Å². The molecule has 1 saturated heterocycles. The number of piperidine rings is 1. The first-order chi connectivity index (χ1) is 14.3. The van der Waals surface area contributed by atoms with Crippen molar-refractivity contribution in [2.24, 2.45) is 7.05 Å². The summed E-state index contributed by atoms with van der Waals surface area (Å²) in [5.41, 5.74) is 3.77. The van der Waals surface area contributed by atoms with E-state index < -0.39 is 0 Å². The van der Waals surface area contributed by atoms with Gasteiger partial charge in [0.15, 0.2) is 0 Å². The lowest BCUT2D eigenvalue weighted by Gasteiger charge is -2.32. The van der Waals surface area contributed by atoms with Gasteiger partial charge >= 0.3 is 0 Å². The van der Waals surface area contributed by atoms with Crippen LogP contribution in [0.4, 0.5) is 0 Å². The molecule has 0 spiro atoms. The van der Waals surface area contributed by atoms with Crippen LogP contribution in [-0.2, 0) is 18.4 Å². The average molecular weight is 469 g/mol. The first-order valence-electron chi connectivity index (χ1n) is 10.0. The number of amides is 2. The molecule has 0 bridgehead atoms. The molecular formula is C23H25BrN4O2. The fourth-order valence-electron chi connectivity index (χ4n) is 4.07. The monoisotopic (exact) mass is 468 g/mol. The Labute approximate surface area is 184 Å². The van der Waals surface area contributed by atoms with Crippen molar-refractivity contribution in [2.75, 3.05) is 20.6 Å². The van der Waals surface area contributed by atoms with Gasteiger partial charge in [0.25, 0.3) is 5.91 Å². The molecular weight excluding hydrogens is 444 g/mol. The maximum absolute atomic E-state index is 12.9. The number of aromatic nitrogens is 2. The number of halogens is 1. The van der Waals surface area contributed by atoms with Crippen LogP contribution in [0.25, 0.3) is 11.0 Å². The van der Waals surface area contributed by atoms with E-state index in [0.29, 0.717) is 18.5 Å². The van der Waals surface area contributed by atoms with Crippen LogP contribution in [0.2, 0.25) is 0 Å². The minimum absolute atomic E-state index is 0.0106. The molecule has 6 nitrogen and oxygen atoms in total. The molecule has 1 aliphatic heterocycles. The maximum atomic E-state index is 12.9. The SMILES string of the molecule is CN(C)C(=O)c1ccc(C2CCN(Cc3cc4c(Br)ccnc4n3C)C(=O)C2)cc1. The highest BCUT2D eigenvalue weighted by molar-refractivity contribution is 9.10. The third-order valence-corrected chi connectivity index (χ3v) is 6.58. The van der Waals surface area contributed by atoms with Gasteiger partial charge in [-0.15, -0.1) is 0 Å². The Bertz CT molecular complexity index is 1100. The molecule has 0 radical (unpaired) electrons. The molecule has 1 aromatic carbocycles. The summed E-state index contributed by atoms with van der Waals surface area (Å²) in [7, 11) is 5.48. The zero-order chi connectivity index (χ0) is 21.4. The van der Waals surface area contributed by atoms with Crippen molar-refractivity contribution in [2.45, 2.75) is 25.3 Å². The quantitative estimate of drug-likeness (QED) is 0.582. The van der Waals surface area contributed by atoms with Gasteiger partial charge < -0.3 is 14.4 Å². The van der Waals surface area contributed by atoms with E-state index >= 15 is 0 Å². The van der Waals surface area contributed by atoms with Crippen molar-refractivity contribution >= 4 is 38.8 Å². The van der Waals surface area contributed by atoms with E-state index in [1.165, 1.54) is 0 Å². The van der Waals surface area contributed by atoms with E-state index in [9.17, 15) is 9.59 Å². The minimum Gasteiger partial charge on any atom is -0.345 e. The Morgan fingerprint density at radius 3 is 2.60 bits per heavy atom. The van der Waals surface area contributed by atoms with E-state index in [1.807, 2.05) is 42.3 Å². The van der Waals surface area contributed by atoms with Crippen molar-refractivity contribution in [3.05, 3.63) is 63.9 Å². The van der Waals surface area contributed by atoms with E-state index in [1.54, 1.807) is 25.2 Å². The van der Waals surface area contributed by atoms with Crippen LogP contribution in [-0.4, -0.2) is 51.8 Å². The summed E-state index contributed by atoms with van der Waals surface area (Å²) in [4.78, 5) is 32.9. The molecule has 2 amide bonds. The molecule has 156 valence electrons. The van der Waals surface area contributed by atoms with Gasteiger partial charge in [-0.3, -0.25) is 9.59 Å². The lowest BCUT2D eigenvalue weighted by Crippen LogP contribution is -2.38. The first kappa shape index (κ1) is 20.6. The Balaban J connectivity index is 1.45. The van der Waals surface area contributed by atoms with Gasteiger partial charge in [0.05, 0.1) is 6.54 Å². The number of nitrogens with zero attached hydrogens (tertiary/aromatic N) is 4. The minimum atomic E-state index is -0.0106. The summed E-state index contributed by atoms with van der Waals surface area (Å²) < 4.78 is 3.07. The number of carbonyl (C=O) groups is 2. The van der Waals surface area contributed by atoms with Gasteiger partial charge in [0.1, 0.15) is 5.65 Å². The molecule has 3 heterocycles. The Kier molecular flexibility index (Phi) is 5.64. The average Bonchev–Trinajstić information content (AvgIpc) is 3.06. The number of fused-ring (bicyclic) bond motifs is 1. The molecule has 0 saturated carbocycles. The molecule has 1 atom stereocenters. The summed E-state index contributed by atoms with van der Waals surface area (Å²) >= 11 is 3.58. The highest BCUT2D eigenvalue weighted by atomic mass is 79.9. The van der Waals surface area contributed by atoms with Crippen LogP contribution in [0.15, 0.2) is 47.1 Å². The number of hydrogen-bond donors (Lipinski definition) is 0. The molecule has 0 aliphatic carbocycles. The van der Waals surface area contributed by atoms with Crippen LogP contribution in [0.5, 0.6) is 0 Å². The first-order valence-corrected chi connectivity index (χ1v) is 10.8. The van der Waals surface area contributed by atoms with Crippen molar-refractivity contribution in [1.29, 1.82) is 0 Å². The van der Waals surface area contributed by atoms with E-state index in [2.05, 4.69) is 31.5 Å². The molecule has 7 heteroatoms. The summed E-state index contributed by atoms with van der Waals surface area (Å²) in [6.07, 6.45) is 3.19. The van der Waals surface area contributed by atoms with E-state index in [0.717, 1.165) is 39.7 Å². The number of hydrogen-bond acceptors (Lipinski definition) is 3. The summed E-state index contributed by atoms with van der Waals surface area (Å²) in [6, 6.07) is 11.7. The van der Waals surface area contributed by atoms with Gasteiger partial charge in [0, 0.05) is 61.4 Å². The summed E-state index contributed by atoms with van der Waals surface area (Å²) in [5.74, 6) is 0.348.